The first kappa shape index (κ1) is 27.5. The molecule has 1 saturated carbocycles. The maximum Gasteiger partial charge on any atom is 0.471 e. The molecular weight excluding hydrogens is 567 g/mol. The number of hydrogen-bond donors (Lipinski definition) is 1. The van der Waals surface area contributed by atoms with E-state index in [2.05, 4.69) is 23.6 Å². The Morgan fingerprint density at radius 3 is 2.70 bits per heavy atom. The Balaban J connectivity index is 1.24. The predicted molar refractivity (Wildman–Crippen MR) is 140 cm³/mol. The van der Waals surface area contributed by atoms with E-state index in [0.717, 1.165) is 23.4 Å². The quantitative estimate of drug-likeness (QED) is 0.517. The highest BCUT2D eigenvalue weighted by Crippen LogP contribution is 2.59. The molecule has 1 N–H and O–H groups in total. The van der Waals surface area contributed by atoms with Crippen LogP contribution in [0, 0.1) is 23.2 Å². The average Bonchev–Trinajstić information content (AvgIpc) is 3.40. The maximum atomic E-state index is 13.3. The highest BCUT2D eigenvalue weighted by molar-refractivity contribution is 7.93. The minimum absolute atomic E-state index is 0.0324. The number of hydrogen-bond acceptors (Lipinski definition) is 7. The van der Waals surface area contributed by atoms with Crippen molar-refractivity contribution >= 4 is 38.4 Å². The summed E-state index contributed by atoms with van der Waals surface area (Å²) < 4.78 is 73.9. The van der Waals surface area contributed by atoms with Crippen molar-refractivity contribution in [1.82, 2.24) is 9.88 Å². The number of fused-ring (bicyclic) bond motifs is 5. The van der Waals surface area contributed by atoms with E-state index >= 15 is 0 Å². The fourth-order valence-corrected chi connectivity index (χ4v) is 9.90. The Morgan fingerprint density at radius 1 is 1.23 bits per heavy atom. The molecule has 1 saturated heterocycles. The standard InChI is InChI=1S/C27H30F3N3O5S2/c1-13-18-6-8-26(3)11-19-21(14(2)20(26)22(18)38-23(13)34)31-25(39-19)32-40(36,37)17-5-4-15-7-9-33(12-16(15)10-17)24(35)27(28,29)30/h4-5,10,13-14,18,20,22H,6-9,11-12H2,1-3H3,(H,31,32)/t13-,14-,18-,20+,22-,26+/m0/s1. The van der Waals surface area contributed by atoms with Crippen molar-refractivity contribution in [3.63, 3.8) is 0 Å². The van der Waals surface area contributed by atoms with Crippen LogP contribution in [0.25, 0.3) is 0 Å². The van der Waals surface area contributed by atoms with Crippen LogP contribution in [0.2, 0.25) is 0 Å². The second-order valence-electron chi connectivity index (χ2n) is 11.9. The van der Waals surface area contributed by atoms with E-state index in [1.54, 1.807) is 6.07 Å². The van der Waals surface area contributed by atoms with Crippen LogP contribution in [0.1, 0.15) is 61.2 Å². The van der Waals surface area contributed by atoms with Gasteiger partial charge in [0.05, 0.1) is 16.5 Å². The Labute approximate surface area is 234 Å². The molecule has 0 unspecified atom stereocenters. The zero-order valence-corrected chi connectivity index (χ0v) is 23.9. The number of halogens is 3. The summed E-state index contributed by atoms with van der Waals surface area (Å²) in [7, 11) is -4.10. The third-order valence-electron chi connectivity index (χ3n) is 9.41. The zero-order valence-electron chi connectivity index (χ0n) is 22.2. The lowest BCUT2D eigenvalue weighted by atomic mass is 9.54. The van der Waals surface area contributed by atoms with Crippen molar-refractivity contribution in [2.45, 2.75) is 76.1 Å². The van der Waals surface area contributed by atoms with Crippen LogP contribution in [0.5, 0.6) is 0 Å². The minimum atomic E-state index is -4.99. The monoisotopic (exact) mass is 597 g/mol. The van der Waals surface area contributed by atoms with E-state index in [9.17, 15) is 31.2 Å². The lowest BCUT2D eigenvalue weighted by Crippen LogP contribution is -2.50. The zero-order chi connectivity index (χ0) is 28.8. The van der Waals surface area contributed by atoms with Gasteiger partial charge >= 0.3 is 18.1 Å². The van der Waals surface area contributed by atoms with Crippen molar-refractivity contribution in [2.24, 2.45) is 23.2 Å². The number of nitrogens with one attached hydrogen (secondary N) is 1. The third kappa shape index (κ3) is 4.40. The molecule has 1 aromatic heterocycles. The molecule has 1 amide bonds. The molecule has 2 aromatic rings. The Kier molecular flexibility index (Phi) is 6.30. The van der Waals surface area contributed by atoms with Gasteiger partial charge in [0.25, 0.3) is 10.0 Å². The highest BCUT2D eigenvalue weighted by atomic mass is 32.2. The third-order valence-corrected chi connectivity index (χ3v) is 11.9. The number of thiazole rings is 1. The molecule has 0 bridgehead atoms. The molecule has 216 valence electrons. The van der Waals surface area contributed by atoms with Crippen molar-refractivity contribution in [3.05, 3.63) is 39.9 Å². The van der Waals surface area contributed by atoms with Gasteiger partial charge in [-0.1, -0.05) is 26.8 Å². The molecule has 4 aliphatic rings. The van der Waals surface area contributed by atoms with E-state index < -0.39 is 22.1 Å². The van der Waals surface area contributed by atoms with Crippen molar-refractivity contribution in [2.75, 3.05) is 11.3 Å². The van der Waals surface area contributed by atoms with Crippen LogP contribution in [0.3, 0.4) is 0 Å². The van der Waals surface area contributed by atoms with Gasteiger partial charge in [0.2, 0.25) is 0 Å². The summed E-state index contributed by atoms with van der Waals surface area (Å²) in [5, 5.41) is 0.221. The van der Waals surface area contributed by atoms with Gasteiger partial charge in [-0.05, 0) is 54.4 Å². The molecule has 13 heteroatoms. The molecule has 2 aliphatic carbocycles. The summed E-state index contributed by atoms with van der Waals surface area (Å²) in [4.78, 5) is 30.4. The number of benzene rings is 1. The van der Waals surface area contributed by atoms with Crippen LogP contribution < -0.4 is 4.72 Å². The molecule has 0 radical (unpaired) electrons. The number of anilines is 1. The number of nitrogens with zero attached hydrogens (tertiary/aromatic N) is 2. The van der Waals surface area contributed by atoms with Gasteiger partial charge in [0, 0.05) is 35.7 Å². The fraction of sp³-hybridized carbons (Fsp3) is 0.593. The predicted octanol–water partition coefficient (Wildman–Crippen LogP) is 4.64. The molecule has 6 atom stereocenters. The summed E-state index contributed by atoms with van der Waals surface area (Å²) in [5.74, 6) is -1.99. The summed E-state index contributed by atoms with van der Waals surface area (Å²) in [6.45, 7) is 5.81. The second kappa shape index (κ2) is 9.17. The van der Waals surface area contributed by atoms with E-state index in [1.165, 1.54) is 23.5 Å². The van der Waals surface area contributed by atoms with Gasteiger partial charge in [0.15, 0.2) is 5.13 Å². The number of amides is 1. The molecular formula is C27H30F3N3O5S2. The first-order valence-electron chi connectivity index (χ1n) is 13.4. The largest absolute Gasteiger partial charge is 0.471 e. The number of carbonyl (C=O) groups excluding carboxylic acids is 2. The van der Waals surface area contributed by atoms with E-state index in [-0.39, 0.29) is 70.7 Å². The van der Waals surface area contributed by atoms with Crippen LogP contribution in [-0.4, -0.2) is 49.0 Å². The first-order chi connectivity index (χ1) is 18.7. The second-order valence-corrected chi connectivity index (χ2v) is 14.6. The van der Waals surface area contributed by atoms with Gasteiger partial charge in [0.1, 0.15) is 6.10 Å². The van der Waals surface area contributed by atoms with Gasteiger partial charge in [-0.3, -0.25) is 14.3 Å². The number of ether oxygens (including phenoxy) is 1. The number of aromatic nitrogens is 1. The number of carbonyl (C=O) groups is 2. The Bertz CT molecular complexity index is 1510. The van der Waals surface area contributed by atoms with Crippen molar-refractivity contribution in [3.8, 4) is 0 Å². The van der Waals surface area contributed by atoms with E-state index in [1.807, 2.05) is 6.92 Å². The SMILES string of the molecule is C[C@@H]1C(=O)O[C@H]2[C@H]1CC[C@]1(C)Cc3sc(NS(=O)(=O)c4ccc5c(c4)CN(C(=O)C(F)(F)F)CC5)nc3[C@@H](C)[C@H]21. The number of alkyl halides is 3. The van der Waals surface area contributed by atoms with E-state index in [4.69, 9.17) is 4.74 Å². The van der Waals surface area contributed by atoms with Gasteiger partial charge in [-0.25, -0.2) is 13.4 Å². The molecule has 2 fully saturated rings. The summed E-state index contributed by atoms with van der Waals surface area (Å²) in [6, 6.07) is 4.33. The van der Waals surface area contributed by atoms with Gasteiger partial charge < -0.3 is 9.64 Å². The highest BCUT2D eigenvalue weighted by Gasteiger charge is 2.58. The van der Waals surface area contributed by atoms with Crippen LogP contribution in [-0.2, 0) is 43.7 Å². The van der Waals surface area contributed by atoms with Crippen LogP contribution >= 0.6 is 11.3 Å². The van der Waals surface area contributed by atoms with Gasteiger partial charge in [-0.15, -0.1) is 11.3 Å². The van der Waals surface area contributed by atoms with Crippen molar-refractivity contribution < 1.29 is 35.9 Å². The maximum absolute atomic E-state index is 13.3. The Morgan fingerprint density at radius 2 is 1.98 bits per heavy atom. The average molecular weight is 598 g/mol. The fourth-order valence-electron chi connectivity index (χ4n) is 7.35. The van der Waals surface area contributed by atoms with E-state index in [0.29, 0.717) is 22.4 Å². The van der Waals surface area contributed by atoms with Crippen LogP contribution in [0.4, 0.5) is 18.3 Å². The summed E-state index contributed by atoms with van der Waals surface area (Å²) in [6.07, 6.45) is -2.38. The Hall–Kier alpha value is -2.67. The number of sulfonamides is 1. The van der Waals surface area contributed by atoms with Crippen LogP contribution in [0.15, 0.2) is 23.1 Å². The summed E-state index contributed by atoms with van der Waals surface area (Å²) in [5.41, 5.74) is 1.79. The van der Waals surface area contributed by atoms with Gasteiger partial charge in [-0.2, -0.15) is 13.2 Å². The van der Waals surface area contributed by atoms with Crippen molar-refractivity contribution in [1.29, 1.82) is 0 Å². The lowest BCUT2D eigenvalue weighted by molar-refractivity contribution is -0.186. The molecule has 40 heavy (non-hydrogen) atoms. The lowest BCUT2D eigenvalue weighted by Gasteiger charge is -2.51. The molecule has 6 rings (SSSR count). The molecule has 8 nitrogen and oxygen atoms in total. The molecule has 2 aliphatic heterocycles. The minimum Gasteiger partial charge on any atom is -0.461 e. The molecule has 1 aromatic carbocycles. The number of esters is 1. The topological polar surface area (TPSA) is 106 Å². The summed E-state index contributed by atoms with van der Waals surface area (Å²) >= 11 is 1.29. The normalized spacial score (nSPS) is 31.5. The smallest absolute Gasteiger partial charge is 0.461 e. The molecule has 3 heterocycles. The number of rotatable bonds is 3. The first-order valence-corrected chi connectivity index (χ1v) is 15.7. The molecule has 0 spiro atoms.